The number of hydrogen-bond acceptors (Lipinski definition) is 3. The Hall–Kier alpha value is -1.42. The van der Waals surface area contributed by atoms with Crippen LogP contribution in [0.1, 0.15) is 44.6 Å². The number of nitro benzene ring substituents is 1. The second-order valence-corrected chi connectivity index (χ2v) is 5.97. The van der Waals surface area contributed by atoms with Crippen LogP contribution in [0, 0.1) is 22.0 Å². The standard InChI is InChI=1S/C16H24N2O2/c1-2-12-6-10-16(17)14(11-12)7-3-13-4-8-15(9-5-13)18(19)20/h4-5,8-9,12,14,16H,2-3,6-7,10-11,17H2,1H3. The Morgan fingerprint density at radius 1 is 1.30 bits per heavy atom. The van der Waals surface area contributed by atoms with Crippen LogP contribution in [0.25, 0.3) is 0 Å². The van der Waals surface area contributed by atoms with E-state index in [4.69, 9.17) is 5.73 Å². The van der Waals surface area contributed by atoms with E-state index in [9.17, 15) is 10.1 Å². The molecule has 0 aliphatic heterocycles. The second-order valence-electron chi connectivity index (χ2n) is 5.97. The predicted octanol–water partition coefficient (Wildman–Crippen LogP) is 3.68. The van der Waals surface area contributed by atoms with Crippen molar-refractivity contribution in [2.24, 2.45) is 17.6 Å². The van der Waals surface area contributed by atoms with Gasteiger partial charge in [0.15, 0.2) is 0 Å². The van der Waals surface area contributed by atoms with Crippen LogP contribution in [-0.2, 0) is 6.42 Å². The fraction of sp³-hybridized carbons (Fsp3) is 0.625. The van der Waals surface area contributed by atoms with Gasteiger partial charge in [-0.25, -0.2) is 0 Å². The molecule has 1 aromatic carbocycles. The molecule has 0 aromatic heterocycles. The van der Waals surface area contributed by atoms with E-state index in [-0.39, 0.29) is 10.6 Å². The molecule has 3 unspecified atom stereocenters. The van der Waals surface area contributed by atoms with Gasteiger partial charge in [-0.3, -0.25) is 10.1 Å². The average Bonchev–Trinajstić information content (AvgIpc) is 2.47. The van der Waals surface area contributed by atoms with Gasteiger partial charge < -0.3 is 5.73 Å². The lowest BCUT2D eigenvalue weighted by Crippen LogP contribution is -2.36. The molecule has 0 bridgehead atoms. The van der Waals surface area contributed by atoms with E-state index in [1.807, 2.05) is 12.1 Å². The lowest BCUT2D eigenvalue weighted by molar-refractivity contribution is -0.384. The van der Waals surface area contributed by atoms with Crippen LogP contribution in [0.2, 0.25) is 0 Å². The number of aryl methyl sites for hydroxylation is 1. The van der Waals surface area contributed by atoms with Gasteiger partial charge in [0.05, 0.1) is 4.92 Å². The largest absolute Gasteiger partial charge is 0.327 e. The topological polar surface area (TPSA) is 69.2 Å². The zero-order chi connectivity index (χ0) is 14.5. The van der Waals surface area contributed by atoms with Gasteiger partial charge in [0.2, 0.25) is 0 Å². The highest BCUT2D eigenvalue weighted by atomic mass is 16.6. The maximum atomic E-state index is 10.6. The summed E-state index contributed by atoms with van der Waals surface area (Å²) in [6.45, 7) is 2.26. The van der Waals surface area contributed by atoms with E-state index in [1.54, 1.807) is 12.1 Å². The third-order valence-corrected chi connectivity index (χ3v) is 4.68. The van der Waals surface area contributed by atoms with Crippen molar-refractivity contribution in [3.8, 4) is 0 Å². The molecule has 2 N–H and O–H groups in total. The molecule has 0 amide bonds. The number of nitrogens with two attached hydrogens (primary N) is 1. The summed E-state index contributed by atoms with van der Waals surface area (Å²) in [5, 5.41) is 10.6. The van der Waals surface area contributed by atoms with Crippen LogP contribution in [0.5, 0.6) is 0 Å². The summed E-state index contributed by atoms with van der Waals surface area (Å²) in [4.78, 5) is 10.3. The summed E-state index contributed by atoms with van der Waals surface area (Å²) in [5.41, 5.74) is 7.56. The molecule has 3 atom stereocenters. The minimum Gasteiger partial charge on any atom is -0.327 e. The SMILES string of the molecule is CCC1CCC(N)C(CCc2ccc([N+](=O)[O-])cc2)C1. The number of nitro groups is 1. The van der Waals surface area contributed by atoms with Crippen LogP contribution < -0.4 is 5.73 Å². The van der Waals surface area contributed by atoms with Gasteiger partial charge >= 0.3 is 0 Å². The number of hydrogen-bond donors (Lipinski definition) is 1. The molecule has 0 spiro atoms. The number of benzene rings is 1. The first-order chi connectivity index (χ1) is 9.60. The van der Waals surface area contributed by atoms with Gasteiger partial charge in [0, 0.05) is 18.2 Å². The highest BCUT2D eigenvalue weighted by Crippen LogP contribution is 2.33. The predicted molar refractivity (Wildman–Crippen MR) is 80.5 cm³/mol. The van der Waals surface area contributed by atoms with Crippen LogP contribution >= 0.6 is 0 Å². The number of rotatable bonds is 5. The van der Waals surface area contributed by atoms with Crippen LogP contribution in [0.4, 0.5) is 5.69 Å². The Balaban J connectivity index is 1.88. The van der Waals surface area contributed by atoms with Crippen molar-refractivity contribution in [1.29, 1.82) is 0 Å². The molecule has 4 heteroatoms. The molecule has 110 valence electrons. The molecule has 1 aliphatic carbocycles. The van der Waals surface area contributed by atoms with Crippen molar-refractivity contribution >= 4 is 5.69 Å². The van der Waals surface area contributed by atoms with Crippen molar-refractivity contribution in [1.82, 2.24) is 0 Å². The highest BCUT2D eigenvalue weighted by molar-refractivity contribution is 5.32. The Morgan fingerprint density at radius 2 is 2.00 bits per heavy atom. The average molecular weight is 276 g/mol. The summed E-state index contributed by atoms with van der Waals surface area (Å²) in [7, 11) is 0. The Morgan fingerprint density at radius 3 is 2.60 bits per heavy atom. The van der Waals surface area contributed by atoms with E-state index in [0.717, 1.165) is 25.2 Å². The Bertz CT molecular complexity index is 444. The van der Waals surface area contributed by atoms with Crippen molar-refractivity contribution in [3.05, 3.63) is 39.9 Å². The third-order valence-electron chi connectivity index (χ3n) is 4.68. The molecule has 0 saturated heterocycles. The highest BCUT2D eigenvalue weighted by Gasteiger charge is 2.26. The first kappa shape index (κ1) is 15.0. The van der Waals surface area contributed by atoms with Crippen LogP contribution in [0.15, 0.2) is 24.3 Å². The summed E-state index contributed by atoms with van der Waals surface area (Å²) in [6.07, 6.45) is 6.96. The molecule has 0 heterocycles. The van der Waals surface area contributed by atoms with Crippen molar-refractivity contribution < 1.29 is 4.92 Å². The first-order valence-corrected chi connectivity index (χ1v) is 7.59. The van der Waals surface area contributed by atoms with Crippen LogP contribution in [0.3, 0.4) is 0 Å². The lowest BCUT2D eigenvalue weighted by Gasteiger charge is -2.33. The normalized spacial score (nSPS) is 26.4. The van der Waals surface area contributed by atoms with Gasteiger partial charge in [-0.1, -0.05) is 25.5 Å². The second kappa shape index (κ2) is 6.84. The first-order valence-electron chi connectivity index (χ1n) is 7.59. The van der Waals surface area contributed by atoms with Crippen molar-refractivity contribution in [2.75, 3.05) is 0 Å². The molecule has 2 rings (SSSR count). The zero-order valence-corrected chi connectivity index (χ0v) is 12.1. The Labute approximate surface area is 120 Å². The Kier molecular flexibility index (Phi) is 5.12. The molecular weight excluding hydrogens is 252 g/mol. The maximum absolute atomic E-state index is 10.6. The smallest absolute Gasteiger partial charge is 0.269 e. The van der Waals surface area contributed by atoms with Crippen molar-refractivity contribution in [2.45, 2.75) is 51.5 Å². The van der Waals surface area contributed by atoms with Gasteiger partial charge in [0.1, 0.15) is 0 Å². The maximum Gasteiger partial charge on any atom is 0.269 e. The molecule has 1 saturated carbocycles. The molecule has 1 fully saturated rings. The molecule has 4 nitrogen and oxygen atoms in total. The summed E-state index contributed by atoms with van der Waals surface area (Å²) < 4.78 is 0. The van der Waals surface area contributed by atoms with E-state index in [2.05, 4.69) is 6.92 Å². The van der Waals surface area contributed by atoms with E-state index >= 15 is 0 Å². The van der Waals surface area contributed by atoms with Crippen LogP contribution in [-0.4, -0.2) is 11.0 Å². The van der Waals surface area contributed by atoms with E-state index in [0.29, 0.717) is 12.0 Å². The zero-order valence-electron chi connectivity index (χ0n) is 12.1. The van der Waals surface area contributed by atoms with Gasteiger partial charge in [0.25, 0.3) is 5.69 Å². The van der Waals surface area contributed by atoms with E-state index < -0.39 is 0 Å². The lowest BCUT2D eigenvalue weighted by atomic mass is 9.75. The van der Waals surface area contributed by atoms with Crippen molar-refractivity contribution in [3.63, 3.8) is 0 Å². The summed E-state index contributed by atoms with van der Waals surface area (Å²) in [5.74, 6) is 1.43. The molecule has 1 aliphatic rings. The minimum absolute atomic E-state index is 0.161. The monoisotopic (exact) mass is 276 g/mol. The number of nitrogens with zero attached hydrogens (tertiary/aromatic N) is 1. The van der Waals surface area contributed by atoms with Gasteiger partial charge in [-0.15, -0.1) is 0 Å². The van der Waals surface area contributed by atoms with Gasteiger partial charge in [-0.2, -0.15) is 0 Å². The number of non-ortho nitro benzene ring substituents is 1. The van der Waals surface area contributed by atoms with Gasteiger partial charge in [-0.05, 0) is 49.5 Å². The summed E-state index contributed by atoms with van der Waals surface area (Å²) >= 11 is 0. The van der Waals surface area contributed by atoms with E-state index in [1.165, 1.54) is 24.8 Å². The fourth-order valence-corrected chi connectivity index (χ4v) is 3.22. The molecule has 1 aromatic rings. The summed E-state index contributed by atoms with van der Waals surface area (Å²) in [6, 6.07) is 7.24. The quantitative estimate of drug-likeness (QED) is 0.658. The molecular formula is C16H24N2O2. The fourth-order valence-electron chi connectivity index (χ4n) is 3.22. The third kappa shape index (κ3) is 3.79. The molecule has 0 radical (unpaired) electrons. The minimum atomic E-state index is -0.354. The molecule has 20 heavy (non-hydrogen) atoms.